The molecule has 118 valence electrons. The maximum atomic E-state index is 3.61. The molecule has 1 saturated carbocycles. The number of nitrogens with zero attached hydrogens (tertiary/aromatic N) is 1. The lowest BCUT2D eigenvalue weighted by molar-refractivity contribution is 0.105. The fourth-order valence-electron chi connectivity index (χ4n) is 4.66. The standard InChI is InChI=1S/C18H36N2/c1-5-16-7-6-9-20(10-8-16)13-17-15(3)11-14(2)12-18(17)19-4/h14-19H,5-13H2,1-4H3. The maximum Gasteiger partial charge on any atom is 0.0110 e. The molecule has 1 saturated heterocycles. The Hall–Kier alpha value is -0.0800. The van der Waals surface area contributed by atoms with Gasteiger partial charge in [-0.05, 0) is 75.9 Å². The lowest BCUT2D eigenvalue weighted by atomic mass is 9.72. The van der Waals surface area contributed by atoms with E-state index in [-0.39, 0.29) is 0 Å². The molecule has 0 bridgehead atoms. The van der Waals surface area contributed by atoms with Gasteiger partial charge in [0.15, 0.2) is 0 Å². The second-order valence-electron chi connectivity index (χ2n) is 7.62. The van der Waals surface area contributed by atoms with Crippen molar-refractivity contribution in [1.82, 2.24) is 10.2 Å². The topological polar surface area (TPSA) is 15.3 Å². The van der Waals surface area contributed by atoms with Gasteiger partial charge in [0.05, 0.1) is 0 Å². The van der Waals surface area contributed by atoms with E-state index < -0.39 is 0 Å². The lowest BCUT2D eigenvalue weighted by Crippen LogP contribution is -2.48. The fourth-order valence-corrected chi connectivity index (χ4v) is 4.66. The fraction of sp³-hybridized carbons (Fsp3) is 1.00. The molecule has 5 unspecified atom stereocenters. The Morgan fingerprint density at radius 1 is 1.10 bits per heavy atom. The summed E-state index contributed by atoms with van der Waals surface area (Å²) in [5.41, 5.74) is 0. The summed E-state index contributed by atoms with van der Waals surface area (Å²) in [6, 6.07) is 0.735. The van der Waals surface area contributed by atoms with Crippen molar-refractivity contribution in [3.63, 3.8) is 0 Å². The van der Waals surface area contributed by atoms with Crippen LogP contribution in [0.5, 0.6) is 0 Å². The number of hydrogen-bond donors (Lipinski definition) is 1. The molecule has 0 aromatic carbocycles. The van der Waals surface area contributed by atoms with Crippen molar-refractivity contribution in [1.29, 1.82) is 0 Å². The molecule has 2 fully saturated rings. The Bertz CT molecular complexity index is 279. The third-order valence-electron chi connectivity index (χ3n) is 6.04. The third kappa shape index (κ3) is 4.21. The van der Waals surface area contributed by atoms with Crippen LogP contribution in [0.1, 0.15) is 59.3 Å². The summed E-state index contributed by atoms with van der Waals surface area (Å²) in [5.74, 6) is 3.62. The van der Waals surface area contributed by atoms with E-state index in [9.17, 15) is 0 Å². The van der Waals surface area contributed by atoms with E-state index >= 15 is 0 Å². The number of likely N-dealkylation sites (tertiary alicyclic amines) is 1. The van der Waals surface area contributed by atoms with Crippen molar-refractivity contribution in [2.45, 2.75) is 65.3 Å². The van der Waals surface area contributed by atoms with Crippen LogP contribution in [0.4, 0.5) is 0 Å². The summed E-state index contributed by atoms with van der Waals surface area (Å²) in [6.07, 6.45) is 8.48. The first-order valence-electron chi connectivity index (χ1n) is 9.03. The summed E-state index contributed by atoms with van der Waals surface area (Å²) < 4.78 is 0. The summed E-state index contributed by atoms with van der Waals surface area (Å²) in [5, 5.41) is 3.61. The second kappa shape index (κ2) is 7.79. The van der Waals surface area contributed by atoms with Crippen molar-refractivity contribution in [3.8, 4) is 0 Å². The lowest BCUT2D eigenvalue weighted by Gasteiger charge is -2.42. The molecule has 1 heterocycles. The Labute approximate surface area is 126 Å². The highest BCUT2D eigenvalue weighted by molar-refractivity contribution is 4.89. The molecule has 0 spiro atoms. The summed E-state index contributed by atoms with van der Waals surface area (Å²) in [4.78, 5) is 2.77. The van der Waals surface area contributed by atoms with E-state index in [1.54, 1.807) is 0 Å². The van der Waals surface area contributed by atoms with Crippen LogP contribution in [-0.4, -0.2) is 37.6 Å². The normalized spacial score (nSPS) is 40.5. The number of rotatable bonds is 4. The first kappa shape index (κ1) is 16.3. The van der Waals surface area contributed by atoms with Gasteiger partial charge >= 0.3 is 0 Å². The molecule has 2 heteroatoms. The molecule has 0 radical (unpaired) electrons. The van der Waals surface area contributed by atoms with Crippen LogP contribution in [0.15, 0.2) is 0 Å². The molecule has 20 heavy (non-hydrogen) atoms. The van der Waals surface area contributed by atoms with Gasteiger partial charge in [0, 0.05) is 12.6 Å². The smallest absolute Gasteiger partial charge is 0.0110 e. The van der Waals surface area contributed by atoms with Crippen LogP contribution >= 0.6 is 0 Å². The highest BCUT2D eigenvalue weighted by Gasteiger charge is 2.34. The average molecular weight is 281 g/mol. The van der Waals surface area contributed by atoms with Gasteiger partial charge in [0.1, 0.15) is 0 Å². The van der Waals surface area contributed by atoms with Crippen molar-refractivity contribution in [2.24, 2.45) is 23.7 Å². The van der Waals surface area contributed by atoms with Crippen molar-refractivity contribution in [2.75, 3.05) is 26.7 Å². The largest absolute Gasteiger partial charge is 0.317 e. The molecular formula is C18H36N2. The van der Waals surface area contributed by atoms with Crippen molar-refractivity contribution >= 4 is 0 Å². The average Bonchev–Trinajstić information content (AvgIpc) is 2.66. The van der Waals surface area contributed by atoms with E-state index in [4.69, 9.17) is 0 Å². The Balaban J connectivity index is 1.90. The molecule has 2 aliphatic rings. The summed E-state index contributed by atoms with van der Waals surface area (Å²) in [7, 11) is 2.16. The molecule has 0 aromatic rings. The van der Waals surface area contributed by atoms with Crippen LogP contribution in [0.2, 0.25) is 0 Å². The SMILES string of the molecule is CCC1CCCN(CC2C(C)CC(C)CC2NC)CC1. The minimum atomic E-state index is 0.735. The van der Waals surface area contributed by atoms with Crippen LogP contribution in [0.25, 0.3) is 0 Å². The van der Waals surface area contributed by atoms with Crippen LogP contribution in [0.3, 0.4) is 0 Å². The van der Waals surface area contributed by atoms with E-state index in [1.807, 2.05) is 0 Å². The van der Waals surface area contributed by atoms with E-state index in [1.165, 1.54) is 58.2 Å². The zero-order chi connectivity index (χ0) is 14.5. The zero-order valence-corrected chi connectivity index (χ0v) is 14.2. The van der Waals surface area contributed by atoms with Gasteiger partial charge in [-0.15, -0.1) is 0 Å². The third-order valence-corrected chi connectivity index (χ3v) is 6.04. The molecule has 2 nitrogen and oxygen atoms in total. The summed E-state index contributed by atoms with van der Waals surface area (Å²) in [6.45, 7) is 11.3. The monoisotopic (exact) mass is 280 g/mol. The van der Waals surface area contributed by atoms with Crippen LogP contribution in [-0.2, 0) is 0 Å². The first-order valence-corrected chi connectivity index (χ1v) is 9.03. The molecule has 0 aromatic heterocycles. The maximum absolute atomic E-state index is 3.61. The minimum Gasteiger partial charge on any atom is -0.317 e. The highest BCUT2D eigenvalue weighted by atomic mass is 15.1. The van der Waals surface area contributed by atoms with Crippen molar-refractivity contribution < 1.29 is 0 Å². The van der Waals surface area contributed by atoms with Gasteiger partial charge in [-0.3, -0.25) is 0 Å². The molecular weight excluding hydrogens is 244 g/mol. The van der Waals surface area contributed by atoms with E-state index in [2.05, 4.69) is 38.0 Å². The van der Waals surface area contributed by atoms with Gasteiger partial charge in [0.2, 0.25) is 0 Å². The van der Waals surface area contributed by atoms with E-state index in [0.717, 1.165) is 29.7 Å². The number of hydrogen-bond acceptors (Lipinski definition) is 2. The van der Waals surface area contributed by atoms with Gasteiger partial charge < -0.3 is 10.2 Å². The molecule has 1 aliphatic carbocycles. The Kier molecular flexibility index (Phi) is 6.35. The van der Waals surface area contributed by atoms with Gasteiger partial charge in [-0.2, -0.15) is 0 Å². The molecule has 1 N–H and O–H groups in total. The Morgan fingerprint density at radius 2 is 1.90 bits per heavy atom. The predicted octanol–water partition coefficient (Wildman–Crippen LogP) is 3.77. The van der Waals surface area contributed by atoms with Gasteiger partial charge in [-0.1, -0.05) is 27.2 Å². The van der Waals surface area contributed by atoms with Gasteiger partial charge in [0.25, 0.3) is 0 Å². The number of nitrogens with one attached hydrogen (secondary N) is 1. The second-order valence-corrected chi connectivity index (χ2v) is 7.62. The summed E-state index contributed by atoms with van der Waals surface area (Å²) >= 11 is 0. The minimum absolute atomic E-state index is 0.735. The quantitative estimate of drug-likeness (QED) is 0.843. The molecule has 1 aliphatic heterocycles. The van der Waals surface area contributed by atoms with Crippen molar-refractivity contribution in [3.05, 3.63) is 0 Å². The van der Waals surface area contributed by atoms with Crippen LogP contribution in [0, 0.1) is 23.7 Å². The molecule has 0 amide bonds. The Morgan fingerprint density at radius 3 is 2.60 bits per heavy atom. The van der Waals surface area contributed by atoms with Gasteiger partial charge in [-0.25, -0.2) is 0 Å². The highest BCUT2D eigenvalue weighted by Crippen LogP contribution is 2.34. The molecule has 5 atom stereocenters. The van der Waals surface area contributed by atoms with Crippen LogP contribution < -0.4 is 5.32 Å². The zero-order valence-electron chi connectivity index (χ0n) is 14.2. The molecule has 2 rings (SSSR count). The van der Waals surface area contributed by atoms with E-state index in [0.29, 0.717) is 0 Å². The predicted molar refractivity (Wildman–Crippen MR) is 88.0 cm³/mol. The first-order chi connectivity index (χ1) is 9.63.